The van der Waals surface area contributed by atoms with Gasteiger partial charge in [0.05, 0.1) is 11.3 Å². The molecule has 2 aromatic carbocycles. The second kappa shape index (κ2) is 6.56. The Balaban J connectivity index is 2.12. The minimum absolute atomic E-state index is 0.0942. The Morgan fingerprint density at radius 1 is 1.10 bits per heavy atom. The Morgan fingerprint density at radius 2 is 1.71 bits per heavy atom. The van der Waals surface area contributed by atoms with Gasteiger partial charge in [-0.05, 0) is 29.8 Å². The first-order chi connectivity index (χ1) is 9.95. The van der Waals surface area contributed by atoms with Gasteiger partial charge in [0.2, 0.25) is 5.91 Å². The van der Waals surface area contributed by atoms with Crippen molar-refractivity contribution in [3.63, 3.8) is 0 Å². The molecule has 0 heterocycles. The summed E-state index contributed by atoms with van der Waals surface area (Å²) < 4.78 is 0. The van der Waals surface area contributed by atoms with E-state index in [9.17, 15) is 14.9 Å². The van der Waals surface area contributed by atoms with Crippen molar-refractivity contribution in [2.45, 2.75) is 6.42 Å². The summed E-state index contributed by atoms with van der Waals surface area (Å²) in [6.07, 6.45) is 0.0942. The van der Waals surface area contributed by atoms with Gasteiger partial charge < -0.3 is 5.32 Å². The second-order valence-corrected chi connectivity index (χ2v) is 5.14. The zero-order valence-electron chi connectivity index (χ0n) is 10.7. The zero-order chi connectivity index (χ0) is 15.4. The van der Waals surface area contributed by atoms with Gasteiger partial charge in [-0.15, -0.1) is 0 Å². The lowest BCUT2D eigenvalue weighted by Gasteiger charge is -2.06. The number of carbonyl (C=O) groups is 1. The van der Waals surface area contributed by atoms with E-state index in [0.29, 0.717) is 5.02 Å². The number of halogens is 2. The monoisotopic (exact) mass is 324 g/mol. The maximum Gasteiger partial charge on any atom is 0.294 e. The van der Waals surface area contributed by atoms with Crippen LogP contribution in [0.4, 0.5) is 11.4 Å². The molecular formula is C14H10Cl2N2O3. The number of nitrogens with zero attached hydrogens (tertiary/aromatic N) is 1. The first-order valence-corrected chi connectivity index (χ1v) is 6.69. The molecule has 7 heteroatoms. The fourth-order valence-corrected chi connectivity index (χ4v) is 2.04. The van der Waals surface area contributed by atoms with E-state index in [0.717, 1.165) is 5.56 Å². The Hall–Kier alpha value is -2.11. The van der Waals surface area contributed by atoms with E-state index in [1.54, 1.807) is 24.3 Å². The summed E-state index contributed by atoms with van der Waals surface area (Å²) in [4.78, 5) is 22.3. The van der Waals surface area contributed by atoms with Crippen LogP contribution in [-0.4, -0.2) is 10.8 Å². The van der Waals surface area contributed by atoms with Crippen molar-refractivity contribution in [3.05, 3.63) is 68.2 Å². The summed E-state index contributed by atoms with van der Waals surface area (Å²) in [7, 11) is 0. The molecule has 0 aliphatic heterocycles. The fourth-order valence-electron chi connectivity index (χ4n) is 1.74. The highest BCUT2D eigenvalue weighted by Gasteiger charge is 2.16. The number of amides is 1. The molecule has 0 aliphatic rings. The maximum absolute atomic E-state index is 11.9. The van der Waals surface area contributed by atoms with Gasteiger partial charge >= 0.3 is 0 Å². The van der Waals surface area contributed by atoms with Gasteiger partial charge in [0.1, 0.15) is 5.69 Å². The maximum atomic E-state index is 11.9. The highest BCUT2D eigenvalue weighted by Crippen LogP contribution is 2.27. The summed E-state index contributed by atoms with van der Waals surface area (Å²) in [5, 5.41) is 14.3. The van der Waals surface area contributed by atoms with E-state index >= 15 is 0 Å². The average Bonchev–Trinajstić information content (AvgIpc) is 2.43. The van der Waals surface area contributed by atoms with E-state index in [2.05, 4.69) is 5.32 Å². The van der Waals surface area contributed by atoms with Crippen molar-refractivity contribution >= 4 is 40.5 Å². The van der Waals surface area contributed by atoms with Crippen molar-refractivity contribution in [1.29, 1.82) is 0 Å². The van der Waals surface area contributed by atoms with Crippen molar-refractivity contribution in [3.8, 4) is 0 Å². The third-order valence-electron chi connectivity index (χ3n) is 2.71. The van der Waals surface area contributed by atoms with Gasteiger partial charge in [-0.3, -0.25) is 14.9 Å². The molecule has 0 bridgehead atoms. The van der Waals surface area contributed by atoms with Crippen LogP contribution in [0, 0.1) is 10.1 Å². The Labute approximate surface area is 130 Å². The Morgan fingerprint density at radius 3 is 2.33 bits per heavy atom. The van der Waals surface area contributed by atoms with Gasteiger partial charge in [0.25, 0.3) is 5.69 Å². The third kappa shape index (κ3) is 4.18. The number of nitrogens with one attached hydrogen (secondary N) is 1. The van der Waals surface area contributed by atoms with Gasteiger partial charge in [0.15, 0.2) is 0 Å². The number of carbonyl (C=O) groups excluding carboxylic acids is 1. The molecule has 0 radical (unpaired) electrons. The molecule has 0 aromatic heterocycles. The van der Waals surface area contributed by atoms with Crippen molar-refractivity contribution in [1.82, 2.24) is 0 Å². The number of anilines is 1. The van der Waals surface area contributed by atoms with Gasteiger partial charge in [-0.25, -0.2) is 0 Å². The number of rotatable bonds is 4. The number of benzene rings is 2. The van der Waals surface area contributed by atoms with Crippen LogP contribution in [0.15, 0.2) is 42.5 Å². The predicted molar refractivity (Wildman–Crippen MR) is 81.9 cm³/mol. The van der Waals surface area contributed by atoms with Crippen LogP contribution in [0.2, 0.25) is 10.0 Å². The first-order valence-electron chi connectivity index (χ1n) is 5.94. The summed E-state index contributed by atoms with van der Waals surface area (Å²) >= 11 is 11.5. The Bertz CT molecular complexity index is 687. The molecule has 0 fully saturated rings. The molecule has 5 nitrogen and oxygen atoms in total. The topological polar surface area (TPSA) is 72.2 Å². The number of hydrogen-bond donors (Lipinski definition) is 1. The third-order valence-corrected chi connectivity index (χ3v) is 3.20. The first kappa shape index (κ1) is 15.3. The van der Waals surface area contributed by atoms with E-state index in [-0.39, 0.29) is 28.7 Å². The standard InChI is InChI=1S/C14H10Cl2N2O3/c15-10-3-1-9(2-4-10)7-14(19)17-12-6-5-11(16)8-13(12)18(20)21/h1-6,8H,7H2,(H,17,19). The summed E-state index contributed by atoms with van der Waals surface area (Å²) in [6.45, 7) is 0. The molecule has 0 spiro atoms. The van der Waals surface area contributed by atoms with E-state index in [4.69, 9.17) is 23.2 Å². The minimum Gasteiger partial charge on any atom is -0.320 e. The van der Waals surface area contributed by atoms with Crippen LogP contribution < -0.4 is 5.32 Å². The molecule has 0 unspecified atom stereocenters. The number of nitro benzene ring substituents is 1. The molecule has 0 aliphatic carbocycles. The van der Waals surface area contributed by atoms with Crippen LogP contribution >= 0.6 is 23.2 Å². The summed E-state index contributed by atoms with van der Waals surface area (Å²) in [6, 6.07) is 10.9. The van der Waals surface area contributed by atoms with E-state index < -0.39 is 4.92 Å². The summed E-state index contributed by atoms with van der Waals surface area (Å²) in [5.41, 5.74) is 0.629. The van der Waals surface area contributed by atoms with Crippen molar-refractivity contribution < 1.29 is 9.72 Å². The van der Waals surface area contributed by atoms with Gasteiger partial charge in [-0.1, -0.05) is 35.3 Å². The van der Waals surface area contributed by atoms with Crippen molar-refractivity contribution in [2.75, 3.05) is 5.32 Å². The molecule has 2 aromatic rings. The summed E-state index contributed by atoms with van der Waals surface area (Å²) in [5.74, 6) is -0.359. The smallest absolute Gasteiger partial charge is 0.294 e. The SMILES string of the molecule is O=C(Cc1ccc(Cl)cc1)Nc1ccc(Cl)cc1[N+](=O)[O-]. The number of nitro groups is 1. The minimum atomic E-state index is -0.593. The predicted octanol–water partition coefficient (Wildman–Crippen LogP) is 4.08. The molecule has 0 atom stereocenters. The van der Waals surface area contributed by atoms with Gasteiger partial charge in [-0.2, -0.15) is 0 Å². The Kier molecular flexibility index (Phi) is 4.77. The normalized spacial score (nSPS) is 10.2. The molecule has 1 N–H and O–H groups in total. The van der Waals surface area contributed by atoms with E-state index in [1.165, 1.54) is 18.2 Å². The lowest BCUT2D eigenvalue weighted by molar-refractivity contribution is -0.383. The van der Waals surface area contributed by atoms with Crippen LogP contribution in [0.5, 0.6) is 0 Å². The van der Waals surface area contributed by atoms with Crippen LogP contribution in [-0.2, 0) is 11.2 Å². The van der Waals surface area contributed by atoms with Gasteiger partial charge in [0, 0.05) is 16.1 Å². The average molecular weight is 325 g/mol. The number of hydrogen-bond acceptors (Lipinski definition) is 3. The van der Waals surface area contributed by atoms with Crippen LogP contribution in [0.1, 0.15) is 5.56 Å². The lowest BCUT2D eigenvalue weighted by Crippen LogP contribution is -2.15. The largest absolute Gasteiger partial charge is 0.320 e. The quantitative estimate of drug-likeness (QED) is 0.680. The second-order valence-electron chi connectivity index (χ2n) is 4.27. The van der Waals surface area contributed by atoms with Crippen molar-refractivity contribution in [2.24, 2.45) is 0 Å². The molecule has 108 valence electrons. The zero-order valence-corrected chi connectivity index (χ0v) is 12.2. The molecule has 1 amide bonds. The van der Waals surface area contributed by atoms with Crippen LogP contribution in [0.25, 0.3) is 0 Å². The molecule has 0 saturated heterocycles. The highest BCUT2D eigenvalue weighted by atomic mass is 35.5. The molecule has 2 rings (SSSR count). The molecule has 21 heavy (non-hydrogen) atoms. The van der Waals surface area contributed by atoms with E-state index in [1.807, 2.05) is 0 Å². The lowest BCUT2D eigenvalue weighted by atomic mass is 10.1. The van der Waals surface area contributed by atoms with Crippen LogP contribution in [0.3, 0.4) is 0 Å². The molecular weight excluding hydrogens is 315 g/mol. The molecule has 0 saturated carbocycles. The highest BCUT2D eigenvalue weighted by molar-refractivity contribution is 6.31. The fraction of sp³-hybridized carbons (Fsp3) is 0.0714.